The summed E-state index contributed by atoms with van der Waals surface area (Å²) in [6.45, 7) is 6.61. The Balaban J connectivity index is 1.53. The molecule has 0 aromatic carbocycles. The lowest BCUT2D eigenvalue weighted by atomic mass is 10.3. The molecule has 0 radical (unpaired) electrons. The Morgan fingerprint density at radius 1 is 1.11 bits per heavy atom. The Morgan fingerprint density at radius 2 is 1.89 bits per heavy atom. The van der Waals surface area contributed by atoms with Crippen LogP contribution in [0.4, 0.5) is 5.82 Å². The number of thiophene rings is 1. The second kappa shape index (κ2) is 7.13. The first-order valence-electron chi connectivity index (χ1n) is 8.92. The van der Waals surface area contributed by atoms with Crippen LogP contribution in [0.2, 0.25) is 0 Å². The molecule has 1 fully saturated rings. The van der Waals surface area contributed by atoms with Gasteiger partial charge in [-0.1, -0.05) is 12.1 Å². The number of sulfonamides is 1. The predicted molar refractivity (Wildman–Crippen MR) is 103 cm³/mol. The van der Waals surface area contributed by atoms with Gasteiger partial charge in [-0.15, -0.1) is 16.4 Å². The molecule has 0 saturated carbocycles. The normalized spacial score (nSPS) is 16.3. The molecule has 9 nitrogen and oxygen atoms in total. The van der Waals surface area contributed by atoms with Crippen molar-refractivity contribution in [2.24, 2.45) is 0 Å². The van der Waals surface area contributed by atoms with Crippen molar-refractivity contribution in [1.29, 1.82) is 0 Å². The minimum absolute atomic E-state index is 0.412. The van der Waals surface area contributed by atoms with Gasteiger partial charge in [0.15, 0.2) is 17.0 Å². The van der Waals surface area contributed by atoms with Crippen LogP contribution < -0.4 is 4.90 Å². The van der Waals surface area contributed by atoms with Gasteiger partial charge in [0.1, 0.15) is 10.5 Å². The van der Waals surface area contributed by atoms with Gasteiger partial charge in [-0.2, -0.15) is 4.31 Å². The highest BCUT2D eigenvalue weighted by Crippen LogP contribution is 2.27. The monoisotopic (exact) mass is 407 g/mol. The summed E-state index contributed by atoms with van der Waals surface area (Å²) in [7, 11) is -3.44. The maximum atomic E-state index is 12.9. The van der Waals surface area contributed by atoms with E-state index in [0.717, 1.165) is 11.3 Å². The molecule has 0 bridgehead atoms. The number of rotatable bonds is 5. The Kier molecular flexibility index (Phi) is 4.82. The van der Waals surface area contributed by atoms with E-state index >= 15 is 0 Å². The van der Waals surface area contributed by atoms with Crippen LogP contribution in [0.15, 0.2) is 22.7 Å². The lowest BCUT2D eigenvalue weighted by Crippen LogP contribution is -2.48. The van der Waals surface area contributed by atoms with E-state index in [4.69, 9.17) is 0 Å². The Labute approximate surface area is 161 Å². The summed E-state index contributed by atoms with van der Waals surface area (Å²) in [4.78, 5) is 11.8. The van der Waals surface area contributed by atoms with Crippen LogP contribution in [-0.2, 0) is 23.0 Å². The number of hydrogen-bond donors (Lipinski definition) is 0. The molecule has 0 N–H and O–H groups in total. The fourth-order valence-electron chi connectivity index (χ4n) is 3.18. The summed E-state index contributed by atoms with van der Waals surface area (Å²) in [5.74, 6) is 0.709. The quantitative estimate of drug-likeness (QED) is 0.630. The fourth-order valence-corrected chi connectivity index (χ4v) is 6.05. The molecular formula is C16H21N7O2S2. The molecule has 0 spiro atoms. The summed E-state index contributed by atoms with van der Waals surface area (Å²) in [6.07, 6.45) is 2.35. The van der Waals surface area contributed by atoms with E-state index in [1.54, 1.807) is 15.1 Å². The zero-order chi connectivity index (χ0) is 19.0. The molecule has 1 aliphatic rings. The molecule has 0 aliphatic carbocycles. The average molecular weight is 408 g/mol. The minimum Gasteiger partial charge on any atom is -0.352 e. The number of hydrogen-bond acceptors (Lipinski definition) is 8. The van der Waals surface area contributed by atoms with Gasteiger partial charge in [-0.3, -0.25) is 0 Å². The Morgan fingerprint density at radius 3 is 2.56 bits per heavy atom. The number of piperazine rings is 1. The summed E-state index contributed by atoms with van der Waals surface area (Å²) < 4.78 is 29.5. The molecule has 11 heteroatoms. The standard InChI is InChI=1S/C16H21N7O2S2/c1-3-12-5-6-13(26-12)27(24,25)22-9-7-21(8-10-22)15-14-16(18-11-17-15)23(4-2)20-19-14/h5-6,11H,3-4,7-10H2,1-2H3. The third-order valence-electron chi connectivity index (χ3n) is 4.70. The molecule has 3 aromatic heterocycles. The van der Waals surface area contributed by atoms with Crippen molar-refractivity contribution in [2.45, 2.75) is 31.0 Å². The van der Waals surface area contributed by atoms with E-state index in [2.05, 4.69) is 25.2 Å². The van der Waals surface area contributed by atoms with Gasteiger partial charge in [0.25, 0.3) is 10.0 Å². The largest absolute Gasteiger partial charge is 0.352 e. The van der Waals surface area contributed by atoms with Crippen molar-refractivity contribution in [3.05, 3.63) is 23.3 Å². The van der Waals surface area contributed by atoms with E-state index in [0.29, 0.717) is 53.9 Å². The highest BCUT2D eigenvalue weighted by atomic mass is 32.2. The number of anilines is 1. The number of nitrogens with zero attached hydrogens (tertiary/aromatic N) is 7. The van der Waals surface area contributed by atoms with Crippen molar-refractivity contribution in [2.75, 3.05) is 31.1 Å². The number of aromatic nitrogens is 5. The lowest BCUT2D eigenvalue weighted by Gasteiger charge is -2.34. The third-order valence-corrected chi connectivity index (χ3v) is 8.29. The van der Waals surface area contributed by atoms with Gasteiger partial charge < -0.3 is 4.90 Å². The Bertz CT molecular complexity index is 1050. The summed E-state index contributed by atoms with van der Waals surface area (Å²) in [5, 5.41) is 8.31. The number of fused-ring (bicyclic) bond motifs is 1. The second-order valence-corrected chi connectivity index (χ2v) is 9.57. The maximum absolute atomic E-state index is 12.9. The molecule has 1 saturated heterocycles. The molecule has 144 valence electrons. The van der Waals surface area contributed by atoms with Crippen molar-refractivity contribution in [1.82, 2.24) is 29.3 Å². The average Bonchev–Trinajstić information content (AvgIpc) is 3.35. The third kappa shape index (κ3) is 3.19. The van der Waals surface area contributed by atoms with E-state index in [1.807, 2.05) is 19.9 Å². The summed E-state index contributed by atoms with van der Waals surface area (Å²) in [6, 6.07) is 3.60. The van der Waals surface area contributed by atoms with Crippen LogP contribution in [-0.4, -0.2) is 63.9 Å². The first-order valence-corrected chi connectivity index (χ1v) is 11.2. The smallest absolute Gasteiger partial charge is 0.252 e. The molecule has 0 unspecified atom stereocenters. The Hall–Kier alpha value is -2.11. The van der Waals surface area contributed by atoms with Crippen molar-refractivity contribution < 1.29 is 8.42 Å². The second-order valence-electron chi connectivity index (χ2n) is 6.24. The van der Waals surface area contributed by atoms with Crippen LogP contribution in [0.25, 0.3) is 11.2 Å². The zero-order valence-electron chi connectivity index (χ0n) is 15.2. The summed E-state index contributed by atoms with van der Waals surface area (Å²) in [5.41, 5.74) is 1.35. The fraction of sp³-hybridized carbons (Fsp3) is 0.500. The van der Waals surface area contributed by atoms with Gasteiger partial charge >= 0.3 is 0 Å². The van der Waals surface area contributed by atoms with Gasteiger partial charge in [0.2, 0.25) is 0 Å². The molecule has 4 heterocycles. The summed E-state index contributed by atoms with van der Waals surface area (Å²) >= 11 is 1.35. The molecule has 4 rings (SSSR count). The number of aryl methyl sites for hydroxylation is 2. The van der Waals surface area contributed by atoms with Crippen LogP contribution in [0, 0.1) is 0 Å². The van der Waals surface area contributed by atoms with E-state index in [1.165, 1.54) is 17.7 Å². The van der Waals surface area contributed by atoms with E-state index < -0.39 is 10.0 Å². The maximum Gasteiger partial charge on any atom is 0.252 e. The van der Waals surface area contributed by atoms with Crippen molar-refractivity contribution >= 4 is 38.3 Å². The highest BCUT2D eigenvalue weighted by Gasteiger charge is 2.31. The van der Waals surface area contributed by atoms with Crippen LogP contribution in [0.5, 0.6) is 0 Å². The zero-order valence-corrected chi connectivity index (χ0v) is 16.9. The van der Waals surface area contributed by atoms with E-state index in [9.17, 15) is 8.42 Å². The van der Waals surface area contributed by atoms with Crippen LogP contribution in [0.1, 0.15) is 18.7 Å². The highest BCUT2D eigenvalue weighted by molar-refractivity contribution is 7.91. The molecule has 0 amide bonds. The van der Waals surface area contributed by atoms with Crippen LogP contribution in [0.3, 0.4) is 0 Å². The SMILES string of the molecule is CCc1ccc(S(=O)(=O)N2CCN(c3ncnc4c3nnn4CC)CC2)s1. The van der Waals surface area contributed by atoms with E-state index in [-0.39, 0.29) is 0 Å². The predicted octanol–water partition coefficient (Wildman–Crippen LogP) is 1.38. The molecule has 3 aromatic rings. The lowest BCUT2D eigenvalue weighted by molar-refractivity contribution is 0.385. The molecule has 1 aliphatic heterocycles. The topological polar surface area (TPSA) is 97.1 Å². The van der Waals surface area contributed by atoms with Crippen molar-refractivity contribution in [3.8, 4) is 0 Å². The molecular weight excluding hydrogens is 386 g/mol. The van der Waals surface area contributed by atoms with Gasteiger partial charge in [0.05, 0.1) is 0 Å². The minimum atomic E-state index is -3.44. The van der Waals surface area contributed by atoms with Gasteiger partial charge in [-0.05, 0) is 25.5 Å². The first-order chi connectivity index (χ1) is 13.0. The molecule has 0 atom stereocenters. The van der Waals surface area contributed by atoms with Crippen LogP contribution >= 0.6 is 11.3 Å². The van der Waals surface area contributed by atoms with Gasteiger partial charge in [-0.25, -0.2) is 23.1 Å². The van der Waals surface area contributed by atoms with Crippen molar-refractivity contribution in [3.63, 3.8) is 0 Å². The molecule has 27 heavy (non-hydrogen) atoms. The first kappa shape index (κ1) is 18.3. The van der Waals surface area contributed by atoms with Gasteiger partial charge in [0, 0.05) is 37.6 Å².